The smallest absolute Gasteiger partial charge is 0.00719 e. The van der Waals surface area contributed by atoms with E-state index < -0.39 is 0 Å². The van der Waals surface area contributed by atoms with Crippen LogP contribution >= 0.6 is 0 Å². The minimum atomic E-state index is 0.448. The summed E-state index contributed by atoms with van der Waals surface area (Å²) < 4.78 is 0. The number of hydrogen-bond acceptors (Lipinski definition) is 0. The highest BCUT2D eigenvalue weighted by atomic mass is 32.9. The number of hydrogen-bond donors (Lipinski definition) is 0. The molecule has 0 amide bonds. The first kappa shape index (κ1) is 11.2. The average molecular weight is 260 g/mol. The zero-order valence-corrected chi connectivity index (χ0v) is 11.3. The third-order valence-electron chi connectivity index (χ3n) is 2.91. The van der Waals surface area contributed by atoms with Crippen LogP contribution in [0.25, 0.3) is 0 Å². The van der Waals surface area contributed by atoms with Crippen molar-refractivity contribution in [3.8, 4) is 0 Å². The Morgan fingerprint density at radius 1 is 0.588 bits per heavy atom. The molecule has 0 aromatic heterocycles. The Bertz CT molecular complexity index is 480. The van der Waals surface area contributed by atoms with Crippen LogP contribution in [0.15, 0.2) is 70.5 Å². The molecule has 0 saturated carbocycles. The van der Waals surface area contributed by atoms with E-state index in [0.717, 1.165) is 0 Å². The van der Waals surface area contributed by atoms with E-state index in [2.05, 4.69) is 60.7 Å². The summed E-state index contributed by atoms with van der Waals surface area (Å²) in [5.74, 6) is 2.75. The molecule has 2 aromatic rings. The van der Waals surface area contributed by atoms with Crippen LogP contribution in [-0.2, 0) is 18.9 Å². The third-order valence-corrected chi connectivity index (χ3v) is 9.93. The van der Waals surface area contributed by atoms with Crippen LogP contribution in [0.3, 0.4) is 0 Å². The van der Waals surface area contributed by atoms with Gasteiger partial charge < -0.3 is 0 Å². The molecule has 2 aromatic carbocycles. The fraction of sp³-hybridized carbons (Fsp3) is 0.200. The summed E-state index contributed by atoms with van der Waals surface area (Å²) in [4.78, 5) is 3.11. The van der Waals surface area contributed by atoms with Crippen LogP contribution in [0.5, 0.6) is 0 Å². The maximum atomic E-state index is 2.30. The van der Waals surface area contributed by atoms with E-state index in [0.29, 0.717) is 18.9 Å². The van der Waals surface area contributed by atoms with Crippen LogP contribution in [0.1, 0.15) is 6.42 Å². The van der Waals surface area contributed by atoms with Gasteiger partial charge in [-0.2, -0.15) is 0 Å². The van der Waals surface area contributed by atoms with Crippen molar-refractivity contribution >= 4 is 18.9 Å². The van der Waals surface area contributed by atoms with Gasteiger partial charge in [-0.05, 0) is 42.2 Å². The number of benzene rings is 2. The molecule has 88 valence electrons. The highest BCUT2D eigenvalue weighted by Crippen LogP contribution is 2.23. The Morgan fingerprint density at radius 3 is 1.41 bits per heavy atom. The van der Waals surface area contributed by atoms with Crippen molar-refractivity contribution in [3.63, 3.8) is 0 Å². The Hall–Kier alpha value is -0.860. The van der Waals surface area contributed by atoms with Crippen molar-refractivity contribution in [2.45, 2.75) is 16.2 Å². The molecule has 1 aliphatic rings. The SMILES string of the molecule is c1ccc(S2=S(c3ccccc3)CCC2)cc1. The molecule has 0 nitrogen and oxygen atoms in total. The maximum absolute atomic E-state index is 2.30. The van der Waals surface area contributed by atoms with Crippen LogP contribution in [0, 0.1) is 0 Å². The molecule has 0 fully saturated rings. The molecule has 2 unspecified atom stereocenters. The lowest BCUT2D eigenvalue weighted by molar-refractivity contribution is 1.13. The van der Waals surface area contributed by atoms with E-state index in [4.69, 9.17) is 0 Å². The average Bonchev–Trinajstić information content (AvgIpc) is 2.90. The molecule has 1 heterocycles. The quantitative estimate of drug-likeness (QED) is 0.773. The second kappa shape index (κ2) is 5.19. The summed E-state index contributed by atoms with van der Waals surface area (Å²) in [5.41, 5.74) is 0. The molecule has 0 bridgehead atoms. The van der Waals surface area contributed by atoms with Crippen molar-refractivity contribution in [2.75, 3.05) is 11.5 Å². The summed E-state index contributed by atoms with van der Waals surface area (Å²) in [6.45, 7) is 0. The van der Waals surface area contributed by atoms with Crippen molar-refractivity contribution in [3.05, 3.63) is 60.7 Å². The molecule has 3 rings (SSSR count). The molecular formula is C15H16S2. The van der Waals surface area contributed by atoms with Gasteiger partial charge in [0.1, 0.15) is 0 Å². The van der Waals surface area contributed by atoms with E-state index >= 15 is 0 Å². The minimum absolute atomic E-state index is 0.448. The second-order valence-corrected chi connectivity index (χ2v) is 9.63. The zero-order chi connectivity index (χ0) is 11.5. The minimum Gasteiger partial charge on any atom is -0.126 e. The first-order valence-corrected chi connectivity index (χ1v) is 9.28. The third kappa shape index (κ3) is 2.38. The van der Waals surface area contributed by atoms with Crippen molar-refractivity contribution in [1.82, 2.24) is 0 Å². The van der Waals surface area contributed by atoms with E-state index in [1.807, 2.05) is 0 Å². The van der Waals surface area contributed by atoms with Gasteiger partial charge in [-0.15, -0.1) is 18.9 Å². The van der Waals surface area contributed by atoms with E-state index in [1.165, 1.54) is 17.9 Å². The summed E-state index contributed by atoms with van der Waals surface area (Å²) in [6.07, 6.45) is 1.38. The predicted octanol–water partition coefficient (Wildman–Crippen LogP) is 3.66. The van der Waals surface area contributed by atoms with Crippen LogP contribution in [0.4, 0.5) is 0 Å². The van der Waals surface area contributed by atoms with Gasteiger partial charge >= 0.3 is 0 Å². The normalized spacial score (nSPS) is 23.8. The zero-order valence-electron chi connectivity index (χ0n) is 9.71. The van der Waals surface area contributed by atoms with Crippen molar-refractivity contribution in [2.24, 2.45) is 0 Å². The standard InChI is InChI=1S/C15H16S2/c1-3-8-14(9-4-1)16-12-7-13-17(16)15-10-5-2-6-11-15/h1-6,8-11H,7,12-13H2. The van der Waals surface area contributed by atoms with Gasteiger partial charge in [0, 0.05) is 9.79 Å². The molecule has 0 aliphatic carbocycles. The molecule has 0 N–H and O–H groups in total. The fourth-order valence-corrected chi connectivity index (χ4v) is 9.37. The van der Waals surface area contributed by atoms with Gasteiger partial charge in [0.2, 0.25) is 0 Å². The topological polar surface area (TPSA) is 0 Å². The first-order chi connectivity index (χ1) is 8.45. The molecule has 17 heavy (non-hydrogen) atoms. The van der Waals surface area contributed by atoms with E-state index in [1.54, 1.807) is 9.79 Å². The highest BCUT2D eigenvalue weighted by Gasteiger charge is 2.14. The molecular weight excluding hydrogens is 244 g/mol. The Morgan fingerprint density at radius 2 is 1.00 bits per heavy atom. The van der Waals surface area contributed by atoms with Crippen LogP contribution < -0.4 is 0 Å². The summed E-state index contributed by atoms with van der Waals surface area (Å²) in [7, 11) is 0.897. The monoisotopic (exact) mass is 260 g/mol. The molecule has 0 spiro atoms. The van der Waals surface area contributed by atoms with Gasteiger partial charge in [-0.3, -0.25) is 0 Å². The molecule has 0 saturated heterocycles. The van der Waals surface area contributed by atoms with Crippen LogP contribution in [0.2, 0.25) is 0 Å². The maximum Gasteiger partial charge on any atom is 0.00719 e. The van der Waals surface area contributed by atoms with Gasteiger partial charge in [0.15, 0.2) is 0 Å². The lowest BCUT2D eigenvalue weighted by atomic mass is 10.4. The predicted molar refractivity (Wildman–Crippen MR) is 78.5 cm³/mol. The summed E-state index contributed by atoms with van der Waals surface area (Å²) in [5, 5.41) is 0. The first-order valence-electron chi connectivity index (χ1n) is 5.97. The molecule has 1 aliphatic heterocycles. The molecule has 2 atom stereocenters. The highest BCUT2D eigenvalue weighted by molar-refractivity contribution is 8.44. The van der Waals surface area contributed by atoms with Gasteiger partial charge in [-0.25, -0.2) is 0 Å². The summed E-state index contributed by atoms with van der Waals surface area (Å²) in [6, 6.07) is 22.1. The lowest BCUT2D eigenvalue weighted by Gasteiger charge is -2.10. The van der Waals surface area contributed by atoms with Crippen LogP contribution in [-0.4, -0.2) is 11.5 Å². The van der Waals surface area contributed by atoms with Crippen molar-refractivity contribution < 1.29 is 0 Å². The largest absolute Gasteiger partial charge is 0.126 e. The van der Waals surface area contributed by atoms with E-state index in [9.17, 15) is 0 Å². The number of rotatable bonds is 2. The Kier molecular flexibility index (Phi) is 3.44. The Labute approximate surface area is 107 Å². The lowest BCUT2D eigenvalue weighted by Crippen LogP contribution is -1.99. The van der Waals surface area contributed by atoms with Gasteiger partial charge in [0.05, 0.1) is 0 Å². The van der Waals surface area contributed by atoms with E-state index in [-0.39, 0.29) is 0 Å². The van der Waals surface area contributed by atoms with Crippen molar-refractivity contribution in [1.29, 1.82) is 0 Å². The molecule has 2 heteroatoms. The molecule has 0 radical (unpaired) electrons. The van der Waals surface area contributed by atoms with Gasteiger partial charge in [0.25, 0.3) is 0 Å². The fourth-order valence-electron chi connectivity index (χ4n) is 2.13. The Balaban J connectivity index is 2.08. The van der Waals surface area contributed by atoms with Gasteiger partial charge in [-0.1, -0.05) is 36.4 Å². The summed E-state index contributed by atoms with van der Waals surface area (Å²) >= 11 is 0. The second-order valence-electron chi connectivity index (χ2n) is 4.08.